The van der Waals surface area contributed by atoms with Crippen molar-refractivity contribution in [2.24, 2.45) is 5.41 Å². The minimum absolute atomic E-state index is 0. The summed E-state index contributed by atoms with van der Waals surface area (Å²) in [5.74, 6) is -0.932. The SMILES string of the molecule is CC1(CNC(=O)c2ccc3c(c2)C(=O)N(Cc2ccncc2)C3=O)CCNCC1.Cl.Cl. The van der Waals surface area contributed by atoms with Crippen LogP contribution in [0.15, 0.2) is 42.7 Å². The maximum atomic E-state index is 12.8. The highest BCUT2D eigenvalue weighted by Gasteiger charge is 2.36. The number of carbonyl (C=O) groups is 3. The minimum Gasteiger partial charge on any atom is -0.351 e. The molecule has 0 spiro atoms. The summed E-state index contributed by atoms with van der Waals surface area (Å²) in [6, 6.07) is 8.25. The molecule has 2 aliphatic rings. The van der Waals surface area contributed by atoms with Crippen LogP contribution in [0.5, 0.6) is 0 Å². The van der Waals surface area contributed by atoms with Crippen LogP contribution in [0.2, 0.25) is 0 Å². The number of hydrogen-bond donors (Lipinski definition) is 2. The van der Waals surface area contributed by atoms with Gasteiger partial charge < -0.3 is 10.6 Å². The number of nitrogens with one attached hydrogen (secondary N) is 2. The maximum Gasteiger partial charge on any atom is 0.261 e. The highest BCUT2D eigenvalue weighted by molar-refractivity contribution is 6.22. The largest absolute Gasteiger partial charge is 0.351 e. The van der Waals surface area contributed by atoms with E-state index in [0.29, 0.717) is 17.7 Å². The number of halogens is 2. The predicted octanol–water partition coefficient (Wildman–Crippen LogP) is 2.84. The second-order valence-corrected chi connectivity index (χ2v) is 8.06. The normalized spacial score (nSPS) is 16.7. The number of fused-ring (bicyclic) bond motifs is 1. The van der Waals surface area contributed by atoms with Crippen LogP contribution in [-0.2, 0) is 6.54 Å². The number of nitrogens with zero attached hydrogens (tertiary/aromatic N) is 2. The van der Waals surface area contributed by atoms with E-state index in [2.05, 4.69) is 22.5 Å². The number of rotatable bonds is 5. The number of benzene rings is 1. The highest BCUT2D eigenvalue weighted by Crippen LogP contribution is 2.28. The third-order valence-electron chi connectivity index (χ3n) is 5.81. The van der Waals surface area contributed by atoms with E-state index in [1.165, 1.54) is 11.0 Å². The quantitative estimate of drug-likeness (QED) is 0.663. The number of pyridine rings is 1. The van der Waals surface area contributed by atoms with E-state index in [-0.39, 0.29) is 60.1 Å². The Morgan fingerprint density at radius 2 is 1.71 bits per heavy atom. The Kier molecular flexibility index (Phi) is 8.17. The summed E-state index contributed by atoms with van der Waals surface area (Å²) in [6.45, 7) is 4.86. The summed E-state index contributed by atoms with van der Waals surface area (Å²) in [4.78, 5) is 43.2. The standard InChI is InChI=1S/C22H24N4O3.2ClH/c1-22(6-10-24-11-7-22)14-25-19(27)16-2-3-17-18(12-16)21(29)26(20(17)28)13-15-4-8-23-9-5-15;;/h2-5,8-9,12,24H,6-7,10-11,13-14H2,1H3,(H,25,27);2*1H. The first kappa shape index (κ1) is 24.8. The van der Waals surface area contributed by atoms with Crippen LogP contribution in [0, 0.1) is 5.41 Å². The van der Waals surface area contributed by atoms with Crippen LogP contribution in [0.4, 0.5) is 0 Å². The number of piperidine rings is 1. The average molecular weight is 465 g/mol. The van der Waals surface area contributed by atoms with E-state index in [1.54, 1.807) is 36.7 Å². The summed E-state index contributed by atoms with van der Waals surface area (Å²) < 4.78 is 0. The molecular formula is C22H26Cl2N4O3. The van der Waals surface area contributed by atoms with Gasteiger partial charge in [-0.25, -0.2) is 0 Å². The zero-order chi connectivity index (χ0) is 20.4. The van der Waals surface area contributed by atoms with E-state index in [0.717, 1.165) is 31.5 Å². The fourth-order valence-corrected chi connectivity index (χ4v) is 3.85. The van der Waals surface area contributed by atoms with E-state index >= 15 is 0 Å². The summed E-state index contributed by atoms with van der Waals surface area (Å²) in [5, 5.41) is 6.32. The van der Waals surface area contributed by atoms with Crippen molar-refractivity contribution in [2.75, 3.05) is 19.6 Å². The van der Waals surface area contributed by atoms with Gasteiger partial charge in [-0.3, -0.25) is 24.3 Å². The van der Waals surface area contributed by atoms with Gasteiger partial charge in [0.1, 0.15) is 0 Å². The molecule has 31 heavy (non-hydrogen) atoms. The van der Waals surface area contributed by atoms with E-state index < -0.39 is 0 Å². The van der Waals surface area contributed by atoms with Gasteiger partial charge in [0.25, 0.3) is 17.7 Å². The van der Waals surface area contributed by atoms with Crippen LogP contribution in [0.1, 0.15) is 56.4 Å². The van der Waals surface area contributed by atoms with Crippen molar-refractivity contribution in [3.63, 3.8) is 0 Å². The van der Waals surface area contributed by atoms with Gasteiger partial charge in [0.05, 0.1) is 17.7 Å². The summed E-state index contributed by atoms with van der Waals surface area (Å²) in [7, 11) is 0. The molecule has 7 nitrogen and oxygen atoms in total. The van der Waals surface area contributed by atoms with Crippen LogP contribution in [0.3, 0.4) is 0 Å². The van der Waals surface area contributed by atoms with Crippen LogP contribution in [0.25, 0.3) is 0 Å². The Bertz CT molecular complexity index is 962. The Labute approximate surface area is 193 Å². The van der Waals surface area contributed by atoms with Gasteiger partial charge >= 0.3 is 0 Å². The molecule has 2 N–H and O–H groups in total. The van der Waals surface area contributed by atoms with Crippen LogP contribution in [-0.4, -0.2) is 47.2 Å². The van der Waals surface area contributed by atoms with Crippen molar-refractivity contribution >= 4 is 42.5 Å². The van der Waals surface area contributed by atoms with E-state index in [4.69, 9.17) is 0 Å². The second kappa shape index (κ2) is 10.2. The molecule has 3 amide bonds. The number of carbonyl (C=O) groups excluding carboxylic acids is 3. The molecular weight excluding hydrogens is 439 g/mol. The van der Waals surface area contributed by atoms with E-state index in [9.17, 15) is 14.4 Å². The van der Waals surface area contributed by atoms with Gasteiger partial charge in [0.15, 0.2) is 0 Å². The molecule has 0 saturated carbocycles. The third kappa shape index (κ3) is 5.23. The Morgan fingerprint density at radius 3 is 2.39 bits per heavy atom. The monoisotopic (exact) mass is 464 g/mol. The molecule has 9 heteroatoms. The van der Waals surface area contributed by atoms with Crippen molar-refractivity contribution in [2.45, 2.75) is 26.3 Å². The number of hydrogen-bond acceptors (Lipinski definition) is 5. The van der Waals surface area contributed by atoms with Gasteiger partial charge in [0.2, 0.25) is 0 Å². The molecule has 2 aromatic rings. The van der Waals surface area contributed by atoms with E-state index in [1.807, 2.05) is 0 Å². The molecule has 0 aliphatic carbocycles. The van der Waals surface area contributed by atoms with Crippen LogP contribution < -0.4 is 10.6 Å². The van der Waals surface area contributed by atoms with Crippen LogP contribution >= 0.6 is 24.8 Å². The highest BCUT2D eigenvalue weighted by atomic mass is 35.5. The average Bonchev–Trinajstić information content (AvgIpc) is 2.98. The third-order valence-corrected chi connectivity index (χ3v) is 5.81. The van der Waals surface area contributed by atoms with Gasteiger partial charge in [0, 0.05) is 24.5 Å². The molecule has 1 saturated heterocycles. The topological polar surface area (TPSA) is 91.4 Å². The molecule has 0 bridgehead atoms. The molecule has 1 aromatic carbocycles. The lowest BCUT2D eigenvalue weighted by atomic mass is 9.81. The molecule has 1 aromatic heterocycles. The number of imide groups is 1. The summed E-state index contributed by atoms with van der Waals surface area (Å²) in [5.41, 5.74) is 1.91. The van der Waals surface area contributed by atoms with Gasteiger partial charge in [-0.15, -0.1) is 24.8 Å². The van der Waals surface area contributed by atoms with Gasteiger partial charge in [-0.2, -0.15) is 0 Å². The number of aromatic nitrogens is 1. The summed E-state index contributed by atoms with van der Waals surface area (Å²) in [6.07, 6.45) is 5.26. The Balaban J connectivity index is 0.00000171. The molecule has 2 aliphatic heterocycles. The Hall–Kier alpha value is -2.48. The van der Waals surface area contributed by atoms with Crippen molar-refractivity contribution < 1.29 is 14.4 Å². The molecule has 1 fully saturated rings. The Morgan fingerprint density at radius 1 is 1.06 bits per heavy atom. The van der Waals surface area contributed by atoms with Crippen molar-refractivity contribution in [3.8, 4) is 0 Å². The first-order chi connectivity index (χ1) is 14.0. The smallest absolute Gasteiger partial charge is 0.261 e. The lowest BCUT2D eigenvalue weighted by Gasteiger charge is -2.34. The minimum atomic E-state index is -0.373. The molecule has 0 atom stereocenters. The fourth-order valence-electron chi connectivity index (χ4n) is 3.85. The first-order valence-corrected chi connectivity index (χ1v) is 9.85. The van der Waals surface area contributed by atoms with Crippen molar-refractivity contribution in [1.82, 2.24) is 20.5 Å². The first-order valence-electron chi connectivity index (χ1n) is 9.85. The van der Waals surface area contributed by atoms with Gasteiger partial charge in [-0.1, -0.05) is 6.92 Å². The van der Waals surface area contributed by atoms with Gasteiger partial charge in [-0.05, 0) is 67.2 Å². The zero-order valence-corrected chi connectivity index (χ0v) is 18.9. The predicted molar refractivity (Wildman–Crippen MR) is 122 cm³/mol. The molecule has 4 rings (SSSR count). The van der Waals surface area contributed by atoms with Crippen molar-refractivity contribution in [1.29, 1.82) is 0 Å². The molecule has 0 radical (unpaired) electrons. The molecule has 3 heterocycles. The lowest BCUT2D eigenvalue weighted by molar-refractivity contribution is 0.0642. The maximum absolute atomic E-state index is 12.8. The number of amides is 3. The molecule has 166 valence electrons. The van der Waals surface area contributed by atoms with Crippen molar-refractivity contribution in [3.05, 3.63) is 65.0 Å². The lowest BCUT2D eigenvalue weighted by Crippen LogP contribution is -2.42. The second-order valence-electron chi connectivity index (χ2n) is 8.06. The fraction of sp³-hybridized carbons (Fsp3) is 0.364. The molecule has 0 unspecified atom stereocenters. The summed E-state index contributed by atoms with van der Waals surface area (Å²) >= 11 is 0. The zero-order valence-electron chi connectivity index (χ0n) is 17.2.